The topological polar surface area (TPSA) is 62.7 Å². The third kappa shape index (κ3) is 4.43. The van der Waals surface area contributed by atoms with Gasteiger partial charge in [-0.15, -0.1) is 0 Å². The van der Waals surface area contributed by atoms with E-state index in [2.05, 4.69) is 14.8 Å². The van der Waals surface area contributed by atoms with Gasteiger partial charge in [-0.05, 0) is 30.9 Å². The van der Waals surface area contributed by atoms with Gasteiger partial charge in [-0.3, -0.25) is 4.90 Å². The molecule has 0 atom stereocenters. The number of morpholine rings is 1. The SMILES string of the molecule is CS(=O)(=O)c1ccc(N2CCC(CN3CCOCC3)CC2)nc1. The lowest BCUT2D eigenvalue weighted by Gasteiger charge is -2.36. The minimum atomic E-state index is -3.17. The number of hydrogen-bond donors (Lipinski definition) is 0. The van der Waals surface area contributed by atoms with Crippen molar-refractivity contribution in [2.24, 2.45) is 5.92 Å². The number of nitrogens with zero attached hydrogens (tertiary/aromatic N) is 3. The van der Waals surface area contributed by atoms with Crippen LogP contribution in [0.15, 0.2) is 23.2 Å². The molecular weight excluding hydrogens is 314 g/mol. The fourth-order valence-corrected chi connectivity index (χ4v) is 3.83. The molecule has 2 aliphatic heterocycles. The molecule has 0 N–H and O–H groups in total. The van der Waals surface area contributed by atoms with Crippen LogP contribution < -0.4 is 4.90 Å². The van der Waals surface area contributed by atoms with E-state index in [0.717, 1.165) is 70.5 Å². The van der Waals surface area contributed by atoms with Gasteiger partial charge >= 0.3 is 0 Å². The number of piperidine rings is 1. The molecule has 0 bridgehead atoms. The Morgan fingerprint density at radius 3 is 2.43 bits per heavy atom. The first-order valence-corrected chi connectivity index (χ1v) is 10.1. The highest BCUT2D eigenvalue weighted by molar-refractivity contribution is 7.90. The zero-order chi connectivity index (χ0) is 16.3. The summed E-state index contributed by atoms with van der Waals surface area (Å²) in [7, 11) is -3.17. The summed E-state index contributed by atoms with van der Waals surface area (Å²) >= 11 is 0. The van der Waals surface area contributed by atoms with E-state index in [1.54, 1.807) is 6.07 Å². The molecule has 2 aliphatic rings. The largest absolute Gasteiger partial charge is 0.379 e. The molecule has 1 aromatic rings. The fourth-order valence-electron chi connectivity index (χ4n) is 3.27. The highest BCUT2D eigenvalue weighted by atomic mass is 32.2. The maximum Gasteiger partial charge on any atom is 0.177 e. The van der Waals surface area contributed by atoms with Crippen molar-refractivity contribution < 1.29 is 13.2 Å². The molecule has 0 spiro atoms. The molecule has 0 radical (unpaired) electrons. The van der Waals surface area contributed by atoms with E-state index >= 15 is 0 Å². The lowest BCUT2D eigenvalue weighted by Crippen LogP contribution is -2.43. The van der Waals surface area contributed by atoms with E-state index in [0.29, 0.717) is 0 Å². The van der Waals surface area contributed by atoms with Crippen molar-refractivity contribution in [3.05, 3.63) is 18.3 Å². The van der Waals surface area contributed by atoms with Crippen molar-refractivity contribution in [2.75, 3.05) is 57.1 Å². The summed E-state index contributed by atoms with van der Waals surface area (Å²) in [6, 6.07) is 3.47. The molecule has 7 heteroatoms. The van der Waals surface area contributed by atoms with Gasteiger partial charge in [-0.25, -0.2) is 13.4 Å². The summed E-state index contributed by atoms with van der Waals surface area (Å²) in [5.41, 5.74) is 0. The Bertz CT molecular complexity index is 604. The Morgan fingerprint density at radius 1 is 1.17 bits per heavy atom. The molecular formula is C16H25N3O3S. The van der Waals surface area contributed by atoms with Crippen molar-refractivity contribution in [2.45, 2.75) is 17.7 Å². The quantitative estimate of drug-likeness (QED) is 0.817. The van der Waals surface area contributed by atoms with Crippen LogP contribution in [-0.2, 0) is 14.6 Å². The summed E-state index contributed by atoms with van der Waals surface area (Å²) in [5, 5.41) is 0. The van der Waals surface area contributed by atoms with Gasteiger partial charge in [0.1, 0.15) is 5.82 Å². The van der Waals surface area contributed by atoms with Gasteiger partial charge in [0.15, 0.2) is 9.84 Å². The van der Waals surface area contributed by atoms with Crippen LogP contribution in [0.1, 0.15) is 12.8 Å². The second-order valence-corrected chi connectivity index (χ2v) is 8.48. The molecule has 2 fully saturated rings. The van der Waals surface area contributed by atoms with Crippen molar-refractivity contribution in [3.63, 3.8) is 0 Å². The normalized spacial score (nSPS) is 21.5. The second kappa shape index (κ2) is 7.15. The molecule has 1 aromatic heterocycles. The zero-order valence-corrected chi connectivity index (χ0v) is 14.5. The Labute approximate surface area is 138 Å². The summed E-state index contributed by atoms with van der Waals surface area (Å²) in [4.78, 5) is 9.37. The highest BCUT2D eigenvalue weighted by Gasteiger charge is 2.23. The van der Waals surface area contributed by atoms with E-state index in [-0.39, 0.29) is 4.90 Å². The fraction of sp³-hybridized carbons (Fsp3) is 0.688. The monoisotopic (exact) mass is 339 g/mol. The first-order chi connectivity index (χ1) is 11.0. The minimum Gasteiger partial charge on any atom is -0.379 e. The Hall–Kier alpha value is -1.18. The summed E-state index contributed by atoms with van der Waals surface area (Å²) < 4.78 is 28.4. The predicted octanol–water partition coefficient (Wildman–Crippen LogP) is 1.03. The minimum absolute atomic E-state index is 0.281. The Kier molecular flexibility index (Phi) is 5.18. The van der Waals surface area contributed by atoms with E-state index in [1.807, 2.05) is 6.07 Å². The van der Waals surface area contributed by atoms with Crippen LogP contribution in [0.5, 0.6) is 0 Å². The molecule has 2 saturated heterocycles. The van der Waals surface area contributed by atoms with Gasteiger partial charge in [0.05, 0.1) is 18.1 Å². The molecule has 0 amide bonds. The second-order valence-electron chi connectivity index (χ2n) is 6.47. The lowest BCUT2D eigenvalue weighted by atomic mass is 9.96. The van der Waals surface area contributed by atoms with Gasteiger partial charge in [-0.2, -0.15) is 0 Å². The van der Waals surface area contributed by atoms with Crippen LogP contribution in [0, 0.1) is 5.92 Å². The molecule has 0 unspecified atom stereocenters. The zero-order valence-electron chi connectivity index (χ0n) is 13.6. The maximum absolute atomic E-state index is 11.5. The number of hydrogen-bond acceptors (Lipinski definition) is 6. The van der Waals surface area contributed by atoms with Crippen molar-refractivity contribution in [1.82, 2.24) is 9.88 Å². The van der Waals surface area contributed by atoms with Gasteiger partial charge in [0, 0.05) is 45.2 Å². The number of ether oxygens (including phenoxy) is 1. The number of pyridine rings is 1. The van der Waals surface area contributed by atoms with Crippen LogP contribution >= 0.6 is 0 Å². The maximum atomic E-state index is 11.5. The first kappa shape index (κ1) is 16.7. The van der Waals surface area contributed by atoms with Crippen molar-refractivity contribution in [3.8, 4) is 0 Å². The van der Waals surface area contributed by atoms with Crippen LogP contribution in [0.3, 0.4) is 0 Å². The van der Waals surface area contributed by atoms with Crippen LogP contribution in [0.4, 0.5) is 5.82 Å². The van der Waals surface area contributed by atoms with E-state index in [9.17, 15) is 8.42 Å². The number of aromatic nitrogens is 1. The molecule has 23 heavy (non-hydrogen) atoms. The lowest BCUT2D eigenvalue weighted by molar-refractivity contribution is 0.0289. The summed E-state index contributed by atoms with van der Waals surface area (Å²) in [6.45, 7) is 6.95. The van der Waals surface area contributed by atoms with Gasteiger partial charge in [0.25, 0.3) is 0 Å². The standard InChI is InChI=1S/C16H25N3O3S/c1-23(20,21)15-2-3-16(17-12-15)19-6-4-14(5-7-19)13-18-8-10-22-11-9-18/h2-3,12,14H,4-11,13H2,1H3. The van der Waals surface area contributed by atoms with Gasteiger partial charge < -0.3 is 9.64 Å². The van der Waals surface area contributed by atoms with E-state index < -0.39 is 9.84 Å². The molecule has 0 saturated carbocycles. The third-order valence-electron chi connectivity index (χ3n) is 4.71. The number of sulfone groups is 1. The van der Waals surface area contributed by atoms with E-state index in [1.165, 1.54) is 12.5 Å². The van der Waals surface area contributed by atoms with E-state index in [4.69, 9.17) is 4.74 Å². The number of rotatable bonds is 4. The number of anilines is 1. The van der Waals surface area contributed by atoms with Crippen LogP contribution in [-0.4, -0.2) is 70.5 Å². The summed E-state index contributed by atoms with van der Waals surface area (Å²) in [5.74, 6) is 1.61. The average Bonchev–Trinajstić information content (AvgIpc) is 2.56. The van der Waals surface area contributed by atoms with Crippen LogP contribution in [0.25, 0.3) is 0 Å². The molecule has 128 valence electrons. The highest BCUT2D eigenvalue weighted by Crippen LogP contribution is 2.23. The van der Waals surface area contributed by atoms with Crippen molar-refractivity contribution in [1.29, 1.82) is 0 Å². The van der Waals surface area contributed by atoms with Gasteiger partial charge in [0.2, 0.25) is 0 Å². The summed E-state index contributed by atoms with van der Waals surface area (Å²) in [6.07, 6.45) is 4.99. The molecule has 6 nitrogen and oxygen atoms in total. The van der Waals surface area contributed by atoms with Crippen LogP contribution in [0.2, 0.25) is 0 Å². The Balaban J connectivity index is 1.52. The molecule has 3 rings (SSSR count). The van der Waals surface area contributed by atoms with Crippen molar-refractivity contribution >= 4 is 15.7 Å². The smallest absolute Gasteiger partial charge is 0.177 e. The molecule has 0 aromatic carbocycles. The first-order valence-electron chi connectivity index (χ1n) is 8.23. The van der Waals surface area contributed by atoms with Gasteiger partial charge in [-0.1, -0.05) is 0 Å². The average molecular weight is 339 g/mol. The third-order valence-corrected chi connectivity index (χ3v) is 5.81. The predicted molar refractivity (Wildman–Crippen MR) is 89.5 cm³/mol. The Morgan fingerprint density at radius 2 is 1.87 bits per heavy atom. The molecule has 3 heterocycles. The molecule has 0 aliphatic carbocycles.